The topological polar surface area (TPSA) is 74.5 Å². The van der Waals surface area contributed by atoms with Crippen LogP contribution in [-0.4, -0.2) is 39.4 Å². The lowest BCUT2D eigenvalue weighted by atomic mass is 10.0. The summed E-state index contributed by atoms with van der Waals surface area (Å²) >= 11 is 0. The van der Waals surface area contributed by atoms with E-state index in [4.69, 9.17) is 0 Å². The third-order valence-electron chi connectivity index (χ3n) is 4.19. The van der Waals surface area contributed by atoms with E-state index in [0.717, 1.165) is 19.4 Å². The minimum absolute atomic E-state index is 0.0961. The van der Waals surface area contributed by atoms with Gasteiger partial charge in [0, 0.05) is 18.1 Å². The van der Waals surface area contributed by atoms with E-state index < -0.39 is 17.9 Å². The number of nitrogens with zero attached hydrogens (tertiary/aromatic N) is 1. The van der Waals surface area contributed by atoms with Crippen molar-refractivity contribution in [3.63, 3.8) is 0 Å². The van der Waals surface area contributed by atoms with Crippen molar-refractivity contribution in [1.82, 2.24) is 9.88 Å². The summed E-state index contributed by atoms with van der Waals surface area (Å²) in [6, 6.07) is 3.99. The van der Waals surface area contributed by atoms with Gasteiger partial charge in [-0.25, -0.2) is 9.18 Å². The molecule has 2 atom stereocenters. The zero-order valence-electron chi connectivity index (χ0n) is 12.6. The van der Waals surface area contributed by atoms with Crippen LogP contribution >= 0.6 is 0 Å². The van der Waals surface area contributed by atoms with Crippen LogP contribution in [0.15, 0.2) is 36.5 Å². The van der Waals surface area contributed by atoms with E-state index in [1.165, 1.54) is 24.4 Å². The maximum absolute atomic E-state index is 13.5. The molecular weight excluding hydrogens is 299 g/mol. The number of aliphatic hydroxyl groups excluding tert-OH is 1. The maximum atomic E-state index is 13.5. The molecule has 1 aromatic carbocycles. The number of allylic oxidation sites excluding steroid dienone is 1. The molecule has 1 saturated heterocycles. The summed E-state index contributed by atoms with van der Waals surface area (Å²) in [7, 11) is 0. The predicted octanol–water partition coefficient (Wildman–Crippen LogP) is 2.15. The van der Waals surface area contributed by atoms with Crippen LogP contribution in [0, 0.1) is 5.82 Å². The van der Waals surface area contributed by atoms with Gasteiger partial charge in [0.25, 0.3) is 0 Å². The molecule has 0 aliphatic carbocycles. The number of rotatable bonds is 4. The molecule has 2 heterocycles. The van der Waals surface area contributed by atoms with Gasteiger partial charge < -0.3 is 20.1 Å². The Labute approximate surface area is 133 Å². The molecule has 2 unspecified atom stereocenters. The highest BCUT2D eigenvalue weighted by atomic mass is 19.1. The lowest BCUT2D eigenvalue weighted by Gasteiger charge is -2.26. The first kappa shape index (κ1) is 15.7. The summed E-state index contributed by atoms with van der Waals surface area (Å²) in [5, 5.41) is 22.9. The largest absolute Gasteiger partial charge is 0.478 e. The van der Waals surface area contributed by atoms with Crippen LogP contribution in [0.2, 0.25) is 0 Å². The van der Waals surface area contributed by atoms with Gasteiger partial charge in [-0.15, -0.1) is 0 Å². The van der Waals surface area contributed by atoms with Gasteiger partial charge in [0.05, 0.1) is 23.2 Å². The average molecular weight is 318 g/mol. The number of hydrogen-bond donors (Lipinski definition) is 3. The molecule has 0 amide bonds. The zero-order valence-corrected chi connectivity index (χ0v) is 12.6. The number of fused-ring (bicyclic) bond motifs is 1. The van der Waals surface area contributed by atoms with E-state index in [1.54, 1.807) is 4.57 Å². The summed E-state index contributed by atoms with van der Waals surface area (Å²) in [5.41, 5.74) is 0.702. The molecular formula is C17H19FN2O3. The van der Waals surface area contributed by atoms with Crippen LogP contribution in [-0.2, 0) is 6.54 Å². The number of benzene rings is 1. The summed E-state index contributed by atoms with van der Waals surface area (Å²) < 4.78 is 15.2. The van der Waals surface area contributed by atoms with Crippen molar-refractivity contribution in [2.75, 3.05) is 6.54 Å². The number of halogens is 1. The van der Waals surface area contributed by atoms with E-state index in [9.17, 15) is 19.4 Å². The summed E-state index contributed by atoms with van der Waals surface area (Å²) in [6.45, 7) is 1.28. The van der Waals surface area contributed by atoms with E-state index in [0.29, 0.717) is 17.4 Å². The molecule has 23 heavy (non-hydrogen) atoms. The quantitative estimate of drug-likeness (QED) is 0.755. The van der Waals surface area contributed by atoms with Gasteiger partial charge in [-0.1, -0.05) is 12.2 Å². The van der Waals surface area contributed by atoms with Gasteiger partial charge in [0.15, 0.2) is 0 Å². The number of piperidine rings is 1. The normalized spacial score (nSPS) is 22.0. The number of carboxylic acids is 1. The number of nitrogens with one attached hydrogen (secondary N) is 1. The number of carboxylic acid groups (broad SMARTS) is 1. The molecule has 1 aromatic heterocycles. The lowest BCUT2D eigenvalue weighted by molar-refractivity contribution is 0.0698. The Balaban J connectivity index is 1.85. The van der Waals surface area contributed by atoms with Crippen LogP contribution in [0.25, 0.3) is 10.9 Å². The molecule has 1 aliphatic heterocycles. The van der Waals surface area contributed by atoms with Crippen molar-refractivity contribution in [3.8, 4) is 0 Å². The van der Waals surface area contributed by atoms with Crippen LogP contribution in [0.4, 0.5) is 4.39 Å². The number of aromatic carboxylic acids is 1. The first-order valence-corrected chi connectivity index (χ1v) is 7.66. The minimum Gasteiger partial charge on any atom is -0.478 e. The van der Waals surface area contributed by atoms with Crippen molar-refractivity contribution in [2.24, 2.45) is 0 Å². The van der Waals surface area contributed by atoms with Crippen molar-refractivity contribution in [2.45, 2.75) is 31.5 Å². The summed E-state index contributed by atoms with van der Waals surface area (Å²) in [5.74, 6) is -1.43. The Kier molecular flexibility index (Phi) is 4.45. The smallest absolute Gasteiger partial charge is 0.337 e. The number of carbonyl (C=O) groups is 1. The first-order valence-electron chi connectivity index (χ1n) is 7.66. The van der Waals surface area contributed by atoms with Crippen LogP contribution in [0.1, 0.15) is 23.2 Å². The molecule has 0 radical (unpaired) electrons. The van der Waals surface area contributed by atoms with Gasteiger partial charge in [-0.05, 0) is 37.6 Å². The van der Waals surface area contributed by atoms with Gasteiger partial charge in [-0.3, -0.25) is 0 Å². The van der Waals surface area contributed by atoms with Crippen molar-refractivity contribution < 1.29 is 19.4 Å². The third kappa shape index (κ3) is 3.28. The van der Waals surface area contributed by atoms with E-state index >= 15 is 0 Å². The molecule has 3 N–H and O–H groups in total. The Morgan fingerprint density at radius 2 is 2.30 bits per heavy atom. The molecule has 5 nitrogen and oxygen atoms in total. The second kappa shape index (κ2) is 6.52. The highest BCUT2D eigenvalue weighted by Gasteiger charge is 2.19. The van der Waals surface area contributed by atoms with Gasteiger partial charge in [-0.2, -0.15) is 0 Å². The molecule has 0 spiro atoms. The monoisotopic (exact) mass is 318 g/mol. The number of aliphatic hydroxyl groups is 1. The number of aromatic nitrogens is 1. The predicted molar refractivity (Wildman–Crippen MR) is 85.0 cm³/mol. The van der Waals surface area contributed by atoms with Crippen molar-refractivity contribution in [1.29, 1.82) is 0 Å². The van der Waals surface area contributed by atoms with Gasteiger partial charge >= 0.3 is 5.97 Å². The Hall–Kier alpha value is -2.18. The fourth-order valence-corrected chi connectivity index (χ4v) is 3.00. The second-order valence-electron chi connectivity index (χ2n) is 5.78. The van der Waals surface area contributed by atoms with Gasteiger partial charge in [0.1, 0.15) is 5.82 Å². The fourth-order valence-electron chi connectivity index (χ4n) is 3.00. The molecule has 122 valence electrons. The lowest BCUT2D eigenvalue weighted by Crippen LogP contribution is -2.43. The second-order valence-corrected chi connectivity index (χ2v) is 5.78. The Bertz CT molecular complexity index is 754. The van der Waals surface area contributed by atoms with Gasteiger partial charge in [0.2, 0.25) is 0 Å². The van der Waals surface area contributed by atoms with Crippen LogP contribution < -0.4 is 5.32 Å². The summed E-state index contributed by atoms with van der Waals surface area (Å²) in [4.78, 5) is 11.3. The van der Waals surface area contributed by atoms with Crippen molar-refractivity contribution in [3.05, 3.63) is 47.9 Å². The fraction of sp³-hybridized carbons (Fsp3) is 0.353. The standard InChI is InChI=1S/C17H19FN2O3/c18-11-5-6-12-13(17(22)23)10-20(15(12)9-11)8-2-3-14-16(21)4-1-7-19-14/h2-3,5-6,9-10,14,16,19,21H,1,4,7-8H2,(H,22,23)/b3-2+. The maximum Gasteiger partial charge on any atom is 0.337 e. The van der Waals surface area contributed by atoms with E-state index in [1.807, 2.05) is 12.2 Å². The van der Waals surface area contributed by atoms with Crippen LogP contribution in [0.3, 0.4) is 0 Å². The molecule has 3 rings (SSSR count). The van der Waals surface area contributed by atoms with Crippen LogP contribution in [0.5, 0.6) is 0 Å². The Morgan fingerprint density at radius 3 is 3.04 bits per heavy atom. The number of hydrogen-bond acceptors (Lipinski definition) is 3. The molecule has 1 aliphatic rings. The Morgan fingerprint density at radius 1 is 1.48 bits per heavy atom. The zero-order chi connectivity index (χ0) is 16.4. The minimum atomic E-state index is -1.03. The molecule has 1 fully saturated rings. The van der Waals surface area contributed by atoms with Crippen molar-refractivity contribution >= 4 is 16.9 Å². The first-order chi connectivity index (χ1) is 11.1. The highest BCUT2D eigenvalue weighted by Crippen LogP contribution is 2.23. The molecule has 0 bridgehead atoms. The summed E-state index contributed by atoms with van der Waals surface area (Å²) in [6.07, 6.45) is 6.57. The van der Waals surface area contributed by atoms with E-state index in [2.05, 4.69) is 5.32 Å². The SMILES string of the molecule is O=C(O)c1cn(C/C=C/C2NCCCC2O)c2cc(F)ccc12. The average Bonchev–Trinajstić information content (AvgIpc) is 2.87. The third-order valence-corrected chi connectivity index (χ3v) is 4.19. The molecule has 6 heteroatoms. The highest BCUT2D eigenvalue weighted by molar-refractivity contribution is 6.03. The van der Waals surface area contributed by atoms with E-state index in [-0.39, 0.29) is 11.6 Å². The molecule has 2 aromatic rings. The molecule has 0 saturated carbocycles.